The number of para-hydroxylation sites is 1. The number of carbonyl (C=O) groups excluding carboxylic acids is 1. The number of hydrogen-bond acceptors (Lipinski definition) is 5. The van der Waals surface area contributed by atoms with Crippen molar-refractivity contribution < 1.29 is 23.0 Å². The number of fused-ring (bicyclic) bond motifs is 1. The van der Waals surface area contributed by atoms with E-state index in [9.17, 15) is 13.6 Å². The summed E-state index contributed by atoms with van der Waals surface area (Å²) in [6.07, 6.45) is 1.79. The average Bonchev–Trinajstić information content (AvgIpc) is 2.90. The number of anilines is 1. The van der Waals surface area contributed by atoms with E-state index >= 15 is 0 Å². The molecule has 0 spiro atoms. The Morgan fingerprint density at radius 3 is 2.22 bits per heavy atom. The largest absolute Gasteiger partial charge is 0.489 e. The summed E-state index contributed by atoms with van der Waals surface area (Å²) in [4.78, 5) is 16.7. The maximum absolute atomic E-state index is 12.3. The number of hydrogen-bond donors (Lipinski definition) is 1. The van der Waals surface area contributed by atoms with Crippen molar-refractivity contribution in [1.29, 1.82) is 0 Å². The lowest BCUT2D eigenvalue weighted by molar-refractivity contribution is -0.142. The zero-order chi connectivity index (χ0) is 25.7. The summed E-state index contributed by atoms with van der Waals surface area (Å²) in [5.74, 6) is -0.0475. The molecule has 2 atom stereocenters. The van der Waals surface area contributed by atoms with Gasteiger partial charge >= 0.3 is 5.97 Å². The van der Waals surface area contributed by atoms with E-state index < -0.39 is 23.3 Å². The highest BCUT2D eigenvalue weighted by molar-refractivity contribution is 7.80. The summed E-state index contributed by atoms with van der Waals surface area (Å²) in [7, 11) is 1.27. The molecule has 0 bridgehead atoms. The van der Waals surface area contributed by atoms with Gasteiger partial charge in [0.15, 0.2) is 0 Å². The Morgan fingerprint density at radius 1 is 0.972 bits per heavy atom. The molecule has 2 unspecified atom stereocenters. The van der Waals surface area contributed by atoms with Crippen LogP contribution in [0.25, 0.3) is 22.0 Å². The van der Waals surface area contributed by atoms with Gasteiger partial charge in [-0.3, -0.25) is 13.8 Å². The number of esters is 1. The molecule has 0 aliphatic rings. The monoisotopic (exact) mass is 504 g/mol. The van der Waals surface area contributed by atoms with Crippen molar-refractivity contribution in [2.75, 3.05) is 11.4 Å². The highest BCUT2D eigenvalue weighted by Gasteiger charge is 2.33. The molecule has 4 aromatic rings. The molecule has 0 radical (unpaired) electrons. The Kier molecular flexibility index (Phi) is 7.97. The van der Waals surface area contributed by atoms with Crippen LogP contribution >= 0.6 is 0 Å². The van der Waals surface area contributed by atoms with E-state index in [4.69, 9.17) is 9.47 Å². The molecule has 36 heavy (non-hydrogen) atoms. The van der Waals surface area contributed by atoms with Gasteiger partial charge < -0.3 is 9.47 Å². The third-order valence-electron chi connectivity index (χ3n) is 5.94. The summed E-state index contributed by atoms with van der Waals surface area (Å²) >= 11 is -2.40. The summed E-state index contributed by atoms with van der Waals surface area (Å²) in [5, 5.41) is 1.07. The summed E-state index contributed by atoms with van der Waals surface area (Å²) in [5.41, 5.74) is 4.35. The quantitative estimate of drug-likeness (QED) is 0.235. The number of pyridine rings is 1. The Bertz CT molecular complexity index is 1350. The molecule has 0 fully saturated rings. The lowest BCUT2D eigenvalue weighted by Gasteiger charge is -2.30. The summed E-state index contributed by atoms with van der Waals surface area (Å²) in [6, 6.07) is 23.9. The Hall–Kier alpha value is -3.75. The van der Waals surface area contributed by atoms with Crippen LogP contribution in [0.2, 0.25) is 0 Å². The van der Waals surface area contributed by atoms with Gasteiger partial charge in [0.25, 0.3) is 11.3 Å². The molecule has 4 rings (SSSR count). The van der Waals surface area contributed by atoms with Crippen molar-refractivity contribution in [1.82, 2.24) is 4.98 Å². The van der Waals surface area contributed by atoms with E-state index in [1.807, 2.05) is 66.7 Å². The lowest BCUT2D eigenvalue weighted by atomic mass is 10.0. The van der Waals surface area contributed by atoms with Crippen molar-refractivity contribution in [3.8, 4) is 16.9 Å². The van der Waals surface area contributed by atoms with Crippen LogP contribution in [0.5, 0.6) is 5.75 Å². The molecular weight excluding hydrogens is 476 g/mol. The Morgan fingerprint density at radius 2 is 1.61 bits per heavy atom. The topological polar surface area (TPSA) is 89.0 Å². The molecule has 8 heteroatoms. The van der Waals surface area contributed by atoms with Crippen molar-refractivity contribution >= 4 is 33.8 Å². The second-order valence-corrected chi connectivity index (χ2v) is 9.47. The number of nitrogens with zero attached hydrogens (tertiary/aromatic N) is 2. The number of ether oxygens (including phenoxy) is 2. The number of aromatic nitrogens is 1. The van der Waals surface area contributed by atoms with Crippen molar-refractivity contribution in [3.63, 3.8) is 0 Å². The number of carbonyl (C=O) groups is 1. The van der Waals surface area contributed by atoms with Crippen LogP contribution in [0, 0.1) is 5.92 Å². The van der Waals surface area contributed by atoms with Gasteiger partial charge in [-0.2, -0.15) is 0 Å². The van der Waals surface area contributed by atoms with Crippen LogP contribution in [-0.2, 0) is 27.4 Å². The van der Waals surface area contributed by atoms with Crippen LogP contribution in [0.4, 0.5) is 5.69 Å². The fourth-order valence-corrected chi connectivity index (χ4v) is 4.92. The Balaban J connectivity index is 1.48. The zero-order valence-corrected chi connectivity index (χ0v) is 21.1. The molecular formula is C28H28N2O5S. The number of methoxy groups -OCH3 is 1. The van der Waals surface area contributed by atoms with Gasteiger partial charge in [0, 0.05) is 17.1 Å². The zero-order valence-electron chi connectivity index (χ0n) is 20.3. The normalized spacial score (nSPS) is 12.8. The molecule has 7 nitrogen and oxygen atoms in total. The van der Waals surface area contributed by atoms with Gasteiger partial charge in [0.1, 0.15) is 18.4 Å². The van der Waals surface area contributed by atoms with Gasteiger partial charge in [-0.05, 0) is 53.4 Å². The van der Waals surface area contributed by atoms with E-state index in [1.54, 1.807) is 32.2 Å². The van der Waals surface area contributed by atoms with Gasteiger partial charge in [0.05, 0.1) is 18.3 Å². The van der Waals surface area contributed by atoms with Gasteiger partial charge in [-0.15, -0.1) is 0 Å². The molecule has 0 amide bonds. The van der Waals surface area contributed by atoms with E-state index in [0.29, 0.717) is 12.3 Å². The number of rotatable bonds is 9. The van der Waals surface area contributed by atoms with Crippen molar-refractivity contribution in [2.24, 2.45) is 5.92 Å². The molecule has 1 aromatic heterocycles. The molecule has 0 aliphatic carbocycles. The SMILES string of the molecule is COC(=O)C(C(C)C)N(c1ccc(-c2ccc(OCc3ccnc4ccccc34)cc2)cc1)S(=O)O. The van der Waals surface area contributed by atoms with E-state index in [0.717, 1.165) is 33.3 Å². The first-order chi connectivity index (χ1) is 17.4. The first-order valence-electron chi connectivity index (χ1n) is 11.5. The van der Waals surface area contributed by atoms with E-state index in [1.165, 1.54) is 11.4 Å². The smallest absolute Gasteiger partial charge is 0.329 e. The summed E-state index contributed by atoms with van der Waals surface area (Å²) < 4.78 is 34.1. The number of benzene rings is 3. The fourth-order valence-electron chi connectivity index (χ4n) is 4.09. The molecule has 3 aromatic carbocycles. The van der Waals surface area contributed by atoms with Gasteiger partial charge in [-0.1, -0.05) is 56.3 Å². The van der Waals surface area contributed by atoms with Crippen LogP contribution in [-0.4, -0.2) is 32.9 Å². The van der Waals surface area contributed by atoms with Crippen molar-refractivity contribution in [2.45, 2.75) is 26.5 Å². The lowest BCUT2D eigenvalue weighted by Crippen LogP contribution is -2.46. The first kappa shape index (κ1) is 25.3. The minimum Gasteiger partial charge on any atom is -0.489 e. The Labute approximate surface area is 213 Å². The van der Waals surface area contributed by atoms with E-state index in [-0.39, 0.29) is 5.92 Å². The molecule has 0 saturated carbocycles. The maximum Gasteiger partial charge on any atom is 0.329 e. The highest BCUT2D eigenvalue weighted by Crippen LogP contribution is 2.29. The molecule has 0 saturated heterocycles. The third kappa shape index (κ3) is 5.56. The van der Waals surface area contributed by atoms with Crippen LogP contribution in [0.3, 0.4) is 0 Å². The molecule has 1 N–H and O–H groups in total. The van der Waals surface area contributed by atoms with Gasteiger partial charge in [-0.25, -0.2) is 9.00 Å². The van der Waals surface area contributed by atoms with E-state index in [2.05, 4.69) is 4.98 Å². The average molecular weight is 505 g/mol. The van der Waals surface area contributed by atoms with Crippen LogP contribution < -0.4 is 9.04 Å². The van der Waals surface area contributed by atoms with Crippen molar-refractivity contribution in [3.05, 3.63) is 90.6 Å². The standard InChI is InChI=1S/C28H28N2O5S/c1-19(2)27(28(31)34-3)30(36(32)33)23-12-8-20(9-13-23)21-10-14-24(15-11-21)35-18-22-16-17-29-26-7-5-4-6-25(22)26/h4-17,19,27H,18H2,1-3H3,(H,32,33). The minimum absolute atomic E-state index is 0.231. The summed E-state index contributed by atoms with van der Waals surface area (Å²) in [6.45, 7) is 4.04. The predicted molar refractivity (Wildman–Crippen MR) is 142 cm³/mol. The van der Waals surface area contributed by atoms with Gasteiger partial charge in [0.2, 0.25) is 0 Å². The van der Waals surface area contributed by atoms with Crippen LogP contribution in [0.1, 0.15) is 19.4 Å². The maximum atomic E-state index is 12.3. The minimum atomic E-state index is -2.40. The molecule has 186 valence electrons. The van der Waals surface area contributed by atoms with Crippen LogP contribution in [0.15, 0.2) is 85.1 Å². The fraction of sp³-hybridized carbons (Fsp3) is 0.214. The highest BCUT2D eigenvalue weighted by atomic mass is 32.2. The third-order valence-corrected chi connectivity index (χ3v) is 6.71. The second kappa shape index (κ2) is 11.3. The molecule has 0 aliphatic heterocycles. The predicted octanol–water partition coefficient (Wildman–Crippen LogP) is 5.62. The second-order valence-electron chi connectivity index (χ2n) is 8.62. The first-order valence-corrected chi connectivity index (χ1v) is 12.6. The molecule has 1 heterocycles.